The Bertz CT molecular complexity index is 309. The summed E-state index contributed by atoms with van der Waals surface area (Å²) in [5.41, 5.74) is 4.86. The highest BCUT2D eigenvalue weighted by atomic mass is 16.4. The van der Waals surface area contributed by atoms with Gasteiger partial charge in [-0.25, -0.2) is 4.79 Å². The fourth-order valence-corrected chi connectivity index (χ4v) is 2.65. The van der Waals surface area contributed by atoms with Gasteiger partial charge in [-0.3, -0.25) is 4.79 Å². The maximum Gasteiger partial charge on any atom is 0.407 e. The van der Waals surface area contributed by atoms with Crippen LogP contribution in [0.2, 0.25) is 0 Å². The van der Waals surface area contributed by atoms with Crippen LogP contribution in [0.1, 0.15) is 46.5 Å². The van der Waals surface area contributed by atoms with Crippen molar-refractivity contribution in [2.24, 2.45) is 11.7 Å². The molecule has 1 aliphatic rings. The summed E-state index contributed by atoms with van der Waals surface area (Å²) < 4.78 is 0. The molecule has 98 valence electrons. The number of carbonyl (C=O) groups excluding carboxylic acids is 1. The van der Waals surface area contributed by atoms with E-state index in [1.54, 1.807) is 0 Å². The predicted octanol–water partition coefficient (Wildman–Crippen LogP) is 1.81. The first kappa shape index (κ1) is 13.8. The second kappa shape index (κ2) is 4.94. The number of amides is 2. The van der Waals surface area contributed by atoms with Crippen LogP contribution in [0, 0.1) is 5.92 Å². The summed E-state index contributed by atoms with van der Waals surface area (Å²) >= 11 is 0. The highest BCUT2D eigenvalue weighted by Crippen LogP contribution is 2.31. The van der Waals surface area contributed by atoms with Crippen LogP contribution >= 0.6 is 0 Å². The maximum atomic E-state index is 11.3. The minimum atomic E-state index is -0.923. The van der Waals surface area contributed by atoms with E-state index in [4.69, 9.17) is 5.73 Å². The zero-order valence-corrected chi connectivity index (χ0v) is 10.8. The Morgan fingerprint density at radius 1 is 1.29 bits per heavy atom. The van der Waals surface area contributed by atoms with Gasteiger partial charge in [0.15, 0.2) is 0 Å². The topological polar surface area (TPSA) is 83.6 Å². The van der Waals surface area contributed by atoms with E-state index in [0.717, 1.165) is 19.3 Å². The van der Waals surface area contributed by atoms with Crippen LogP contribution < -0.4 is 5.73 Å². The van der Waals surface area contributed by atoms with Crippen LogP contribution in [0.5, 0.6) is 0 Å². The Labute approximate surface area is 102 Å². The highest BCUT2D eigenvalue weighted by Gasteiger charge is 2.37. The molecule has 0 aliphatic heterocycles. The third-order valence-electron chi connectivity index (χ3n) is 3.34. The molecule has 0 aromatic carbocycles. The number of nitrogens with two attached hydrogens (primary N) is 1. The zero-order valence-electron chi connectivity index (χ0n) is 10.8. The van der Waals surface area contributed by atoms with E-state index in [2.05, 4.69) is 0 Å². The Morgan fingerprint density at radius 3 is 2.29 bits per heavy atom. The van der Waals surface area contributed by atoms with Crippen molar-refractivity contribution in [3.8, 4) is 0 Å². The molecule has 1 aliphatic carbocycles. The van der Waals surface area contributed by atoms with Crippen molar-refractivity contribution in [2.75, 3.05) is 0 Å². The minimum absolute atomic E-state index is 0.0984. The molecule has 0 saturated heterocycles. The summed E-state index contributed by atoms with van der Waals surface area (Å²) in [4.78, 5) is 24.0. The van der Waals surface area contributed by atoms with Crippen molar-refractivity contribution in [1.29, 1.82) is 0 Å². The second-order valence-electron chi connectivity index (χ2n) is 5.74. The molecule has 2 atom stereocenters. The summed E-state index contributed by atoms with van der Waals surface area (Å²) in [6, 6.07) is -0.0984. The first-order chi connectivity index (χ1) is 7.73. The Hall–Kier alpha value is -1.26. The monoisotopic (exact) mass is 242 g/mol. The molecule has 0 spiro atoms. The van der Waals surface area contributed by atoms with Gasteiger partial charge >= 0.3 is 6.09 Å². The SMILES string of the molecule is CC(C)(C)N(C(=O)O)[C@H]1CCC[C@H](C(N)=O)C1. The lowest BCUT2D eigenvalue weighted by atomic mass is 9.83. The van der Waals surface area contributed by atoms with Gasteiger partial charge in [0.1, 0.15) is 0 Å². The maximum absolute atomic E-state index is 11.3. The zero-order chi connectivity index (χ0) is 13.2. The van der Waals surface area contributed by atoms with Gasteiger partial charge in [-0.15, -0.1) is 0 Å². The number of rotatable bonds is 2. The molecule has 0 unspecified atom stereocenters. The fraction of sp³-hybridized carbons (Fsp3) is 0.833. The normalized spacial score (nSPS) is 25.4. The number of carboxylic acid groups (broad SMARTS) is 1. The molecule has 3 N–H and O–H groups in total. The molecule has 0 aromatic heterocycles. The van der Waals surface area contributed by atoms with Gasteiger partial charge in [-0.1, -0.05) is 6.42 Å². The van der Waals surface area contributed by atoms with Crippen LogP contribution in [-0.4, -0.2) is 33.6 Å². The van der Waals surface area contributed by atoms with Crippen molar-refractivity contribution >= 4 is 12.0 Å². The number of hydrogen-bond acceptors (Lipinski definition) is 2. The van der Waals surface area contributed by atoms with E-state index in [1.165, 1.54) is 4.90 Å². The van der Waals surface area contributed by atoms with Crippen LogP contribution in [0.3, 0.4) is 0 Å². The molecular formula is C12H22N2O3. The molecule has 5 heteroatoms. The quantitative estimate of drug-likeness (QED) is 0.774. The Balaban J connectivity index is 2.82. The third kappa shape index (κ3) is 3.35. The summed E-state index contributed by atoms with van der Waals surface area (Å²) in [5.74, 6) is -0.494. The van der Waals surface area contributed by atoms with Crippen molar-refractivity contribution in [3.63, 3.8) is 0 Å². The second-order valence-corrected chi connectivity index (χ2v) is 5.74. The lowest BCUT2D eigenvalue weighted by molar-refractivity contribution is -0.123. The van der Waals surface area contributed by atoms with E-state index in [-0.39, 0.29) is 17.9 Å². The first-order valence-corrected chi connectivity index (χ1v) is 6.05. The van der Waals surface area contributed by atoms with Gasteiger partial charge in [0, 0.05) is 17.5 Å². The van der Waals surface area contributed by atoms with Gasteiger partial charge in [0.2, 0.25) is 5.91 Å². The molecule has 0 bridgehead atoms. The van der Waals surface area contributed by atoms with Crippen molar-refractivity contribution < 1.29 is 14.7 Å². The van der Waals surface area contributed by atoms with Gasteiger partial charge in [-0.05, 0) is 40.0 Å². The molecule has 17 heavy (non-hydrogen) atoms. The van der Waals surface area contributed by atoms with E-state index in [1.807, 2.05) is 20.8 Å². The van der Waals surface area contributed by atoms with Gasteiger partial charge in [0.25, 0.3) is 0 Å². The first-order valence-electron chi connectivity index (χ1n) is 6.05. The number of primary amides is 1. The predicted molar refractivity (Wildman–Crippen MR) is 64.6 cm³/mol. The average molecular weight is 242 g/mol. The van der Waals surface area contributed by atoms with Gasteiger partial charge < -0.3 is 15.7 Å². The van der Waals surface area contributed by atoms with Crippen molar-refractivity contribution in [3.05, 3.63) is 0 Å². The largest absolute Gasteiger partial charge is 0.465 e. The van der Waals surface area contributed by atoms with Crippen molar-refractivity contribution in [2.45, 2.75) is 58.0 Å². The van der Waals surface area contributed by atoms with Crippen LogP contribution in [0.15, 0.2) is 0 Å². The molecule has 0 heterocycles. The Kier molecular flexibility index (Phi) is 4.01. The molecule has 1 rings (SSSR count). The van der Waals surface area contributed by atoms with E-state index in [9.17, 15) is 14.7 Å². The lowest BCUT2D eigenvalue weighted by Crippen LogP contribution is -2.53. The summed E-state index contributed by atoms with van der Waals surface area (Å²) in [7, 11) is 0. The lowest BCUT2D eigenvalue weighted by Gasteiger charge is -2.42. The molecular weight excluding hydrogens is 220 g/mol. The van der Waals surface area contributed by atoms with Crippen LogP contribution in [0.25, 0.3) is 0 Å². The Morgan fingerprint density at radius 2 is 1.88 bits per heavy atom. The number of carbonyl (C=O) groups is 2. The average Bonchev–Trinajstić information content (AvgIpc) is 2.15. The summed E-state index contributed by atoms with van der Waals surface area (Å²) in [6.07, 6.45) is 2.08. The van der Waals surface area contributed by atoms with E-state index < -0.39 is 11.6 Å². The van der Waals surface area contributed by atoms with Gasteiger partial charge in [-0.2, -0.15) is 0 Å². The molecule has 1 fully saturated rings. The fourth-order valence-electron chi connectivity index (χ4n) is 2.65. The highest BCUT2D eigenvalue weighted by molar-refractivity contribution is 5.77. The molecule has 5 nitrogen and oxygen atoms in total. The standard InChI is InChI=1S/C12H22N2O3/c1-12(2,3)14(11(16)17)9-6-4-5-8(7-9)10(13)15/h8-9H,4-7H2,1-3H3,(H2,13,15)(H,16,17)/t8-,9-/m0/s1. The molecule has 0 aromatic rings. The van der Waals surface area contributed by atoms with Crippen LogP contribution in [-0.2, 0) is 4.79 Å². The summed E-state index contributed by atoms with van der Waals surface area (Å²) in [5, 5.41) is 9.30. The molecule has 0 radical (unpaired) electrons. The number of nitrogens with zero attached hydrogens (tertiary/aromatic N) is 1. The smallest absolute Gasteiger partial charge is 0.407 e. The van der Waals surface area contributed by atoms with Crippen molar-refractivity contribution in [1.82, 2.24) is 4.90 Å². The van der Waals surface area contributed by atoms with Gasteiger partial charge in [0.05, 0.1) is 0 Å². The molecule has 1 saturated carbocycles. The van der Waals surface area contributed by atoms with E-state index >= 15 is 0 Å². The third-order valence-corrected chi connectivity index (χ3v) is 3.34. The summed E-state index contributed by atoms with van der Waals surface area (Å²) in [6.45, 7) is 5.61. The number of hydrogen-bond donors (Lipinski definition) is 2. The van der Waals surface area contributed by atoms with E-state index in [0.29, 0.717) is 6.42 Å². The molecule has 2 amide bonds. The minimum Gasteiger partial charge on any atom is -0.465 e. The van der Waals surface area contributed by atoms with Crippen LogP contribution in [0.4, 0.5) is 4.79 Å².